The van der Waals surface area contributed by atoms with E-state index < -0.39 is 0 Å². The van der Waals surface area contributed by atoms with Gasteiger partial charge in [-0.15, -0.1) is 0 Å². The summed E-state index contributed by atoms with van der Waals surface area (Å²) in [6.45, 7) is 18.0. The molecule has 0 aliphatic heterocycles. The summed E-state index contributed by atoms with van der Waals surface area (Å²) >= 11 is 0. The van der Waals surface area contributed by atoms with Crippen LogP contribution in [-0.2, 0) is 32.6 Å². The maximum atomic E-state index is 12.7. The standard InChI is InChI=1S/C23H32O3.C14H20O/c1-5-8-18(20(6-2)21(25)11-16(4)24)12-17-13-19-10-7-9-15(3)23(19)22(26)14-17;1-10-6-7-12(9-11(2)15)13(8-10)14(3,4)5/h7,9-10,17-18,20H,5-6,8,11-14H2,1-4H3;6-8H,9H2,1-5H3. The number of fused-ring (bicyclic) bond motifs is 1. The highest BCUT2D eigenvalue weighted by Crippen LogP contribution is 2.36. The molecule has 0 amide bonds. The molecule has 0 spiro atoms. The minimum atomic E-state index is -0.0622. The highest BCUT2D eigenvalue weighted by Gasteiger charge is 2.32. The van der Waals surface area contributed by atoms with Gasteiger partial charge in [0, 0.05) is 24.3 Å². The predicted octanol–water partition coefficient (Wildman–Crippen LogP) is 8.54. The normalized spacial score (nSPS) is 16.2. The predicted molar refractivity (Wildman–Crippen MR) is 169 cm³/mol. The second kappa shape index (κ2) is 15.4. The number of benzene rings is 2. The maximum Gasteiger partial charge on any atom is 0.163 e. The third-order valence-electron chi connectivity index (χ3n) is 8.27. The molecule has 3 rings (SSSR count). The number of aryl methyl sites for hydroxylation is 2. The molecule has 3 unspecified atom stereocenters. The van der Waals surface area contributed by atoms with E-state index in [1.807, 2.05) is 26.0 Å². The smallest absolute Gasteiger partial charge is 0.163 e. The van der Waals surface area contributed by atoms with E-state index in [1.165, 1.54) is 23.6 Å². The number of carbonyl (C=O) groups is 4. The van der Waals surface area contributed by atoms with Gasteiger partial charge in [0.05, 0.1) is 6.42 Å². The van der Waals surface area contributed by atoms with Crippen molar-refractivity contribution in [2.24, 2.45) is 17.8 Å². The first kappa shape index (κ1) is 34.3. The number of hydrogen-bond donors (Lipinski definition) is 0. The first-order valence-electron chi connectivity index (χ1n) is 15.4. The van der Waals surface area contributed by atoms with E-state index in [2.05, 4.69) is 58.9 Å². The van der Waals surface area contributed by atoms with Gasteiger partial charge in [0.1, 0.15) is 17.3 Å². The Morgan fingerprint density at radius 3 is 2.20 bits per heavy atom. The third-order valence-corrected chi connectivity index (χ3v) is 8.27. The van der Waals surface area contributed by atoms with Crippen molar-refractivity contribution in [1.82, 2.24) is 0 Å². The summed E-state index contributed by atoms with van der Waals surface area (Å²) in [5, 5.41) is 0. The molecule has 41 heavy (non-hydrogen) atoms. The number of ketones is 4. The van der Waals surface area contributed by atoms with Gasteiger partial charge in [0.2, 0.25) is 0 Å². The van der Waals surface area contributed by atoms with Crippen LogP contribution in [0.4, 0.5) is 0 Å². The van der Waals surface area contributed by atoms with Gasteiger partial charge in [-0.25, -0.2) is 0 Å². The van der Waals surface area contributed by atoms with Crippen molar-refractivity contribution in [3.63, 3.8) is 0 Å². The van der Waals surface area contributed by atoms with Crippen molar-refractivity contribution in [3.05, 3.63) is 69.8 Å². The number of carbonyl (C=O) groups excluding carboxylic acids is 4. The van der Waals surface area contributed by atoms with Gasteiger partial charge in [-0.05, 0) is 86.5 Å². The molecule has 1 aliphatic carbocycles. The first-order valence-corrected chi connectivity index (χ1v) is 15.4. The van der Waals surface area contributed by atoms with Gasteiger partial charge in [-0.2, -0.15) is 0 Å². The molecule has 4 nitrogen and oxygen atoms in total. The number of hydrogen-bond acceptors (Lipinski definition) is 4. The summed E-state index contributed by atoms with van der Waals surface area (Å²) in [5.41, 5.74) is 6.96. The Labute approximate surface area is 248 Å². The lowest BCUT2D eigenvalue weighted by atomic mass is 9.72. The molecule has 224 valence electrons. The third kappa shape index (κ3) is 10.2. The molecule has 2 aromatic carbocycles. The molecule has 0 bridgehead atoms. The average Bonchev–Trinajstić information content (AvgIpc) is 2.84. The molecule has 1 aliphatic rings. The Balaban J connectivity index is 0.000000333. The van der Waals surface area contributed by atoms with Crippen molar-refractivity contribution in [2.45, 2.75) is 119 Å². The molecule has 3 atom stereocenters. The van der Waals surface area contributed by atoms with Crippen LogP contribution in [0.2, 0.25) is 0 Å². The Morgan fingerprint density at radius 2 is 1.63 bits per heavy atom. The van der Waals surface area contributed by atoms with E-state index in [9.17, 15) is 19.2 Å². The molecular formula is C37H52O4. The molecule has 0 saturated heterocycles. The van der Waals surface area contributed by atoms with Crippen molar-refractivity contribution in [2.75, 3.05) is 0 Å². The van der Waals surface area contributed by atoms with Crippen LogP contribution in [0.5, 0.6) is 0 Å². The molecule has 0 aromatic heterocycles. The Hall–Kier alpha value is -2.88. The minimum Gasteiger partial charge on any atom is -0.300 e. The molecule has 0 fully saturated rings. The van der Waals surface area contributed by atoms with E-state index >= 15 is 0 Å². The zero-order valence-corrected chi connectivity index (χ0v) is 27.0. The van der Waals surface area contributed by atoms with Gasteiger partial charge in [0.15, 0.2) is 5.78 Å². The molecular weight excluding hydrogens is 508 g/mol. The summed E-state index contributed by atoms with van der Waals surface area (Å²) in [4.78, 5) is 47.8. The Morgan fingerprint density at radius 1 is 0.951 bits per heavy atom. The van der Waals surface area contributed by atoms with Crippen LogP contribution in [0.3, 0.4) is 0 Å². The zero-order valence-electron chi connectivity index (χ0n) is 27.0. The van der Waals surface area contributed by atoms with Crippen LogP contribution < -0.4 is 0 Å². The Kier molecular flexibility index (Phi) is 12.9. The quantitative estimate of drug-likeness (QED) is 0.258. The number of rotatable bonds is 11. The molecule has 0 N–H and O–H groups in total. The first-order chi connectivity index (χ1) is 19.2. The summed E-state index contributed by atoms with van der Waals surface area (Å²) in [6.07, 6.45) is 5.76. The summed E-state index contributed by atoms with van der Waals surface area (Å²) in [7, 11) is 0. The largest absolute Gasteiger partial charge is 0.300 e. The van der Waals surface area contributed by atoms with Crippen molar-refractivity contribution in [3.8, 4) is 0 Å². The summed E-state index contributed by atoms with van der Waals surface area (Å²) in [6, 6.07) is 12.5. The van der Waals surface area contributed by atoms with Crippen LogP contribution in [0.1, 0.15) is 125 Å². The van der Waals surface area contributed by atoms with Gasteiger partial charge in [0.25, 0.3) is 0 Å². The van der Waals surface area contributed by atoms with Crippen LogP contribution in [-0.4, -0.2) is 23.1 Å². The molecule has 2 aromatic rings. The van der Waals surface area contributed by atoms with Crippen molar-refractivity contribution >= 4 is 23.1 Å². The lowest BCUT2D eigenvalue weighted by Crippen LogP contribution is -2.29. The van der Waals surface area contributed by atoms with Crippen LogP contribution in [0.25, 0.3) is 0 Å². The van der Waals surface area contributed by atoms with E-state index in [-0.39, 0.29) is 46.8 Å². The zero-order chi connectivity index (χ0) is 30.9. The molecule has 0 heterocycles. The van der Waals surface area contributed by atoms with Gasteiger partial charge in [-0.3, -0.25) is 19.2 Å². The van der Waals surface area contributed by atoms with Gasteiger partial charge < -0.3 is 0 Å². The second-order valence-electron chi connectivity index (χ2n) is 13.2. The lowest BCUT2D eigenvalue weighted by molar-refractivity contribution is -0.130. The summed E-state index contributed by atoms with van der Waals surface area (Å²) < 4.78 is 0. The van der Waals surface area contributed by atoms with Crippen LogP contribution >= 0.6 is 0 Å². The second-order valence-corrected chi connectivity index (χ2v) is 13.2. The molecule has 0 radical (unpaired) electrons. The highest BCUT2D eigenvalue weighted by atomic mass is 16.1. The SMILES string of the molecule is CC(=O)Cc1ccc(C)cc1C(C)(C)C.CCCC(CC1CC(=O)c2c(C)cccc2C1)C(CC)C(=O)CC(C)=O. The fourth-order valence-electron chi connectivity index (χ4n) is 6.51. The fraction of sp³-hybridized carbons (Fsp3) is 0.568. The van der Waals surface area contributed by atoms with Gasteiger partial charge >= 0.3 is 0 Å². The van der Waals surface area contributed by atoms with Gasteiger partial charge in [-0.1, -0.05) is 89.4 Å². The molecule has 0 saturated carbocycles. The summed E-state index contributed by atoms with van der Waals surface area (Å²) in [5.74, 6) is 0.997. The lowest BCUT2D eigenvalue weighted by Gasteiger charge is -2.31. The Bertz CT molecular complexity index is 1230. The van der Waals surface area contributed by atoms with E-state index in [4.69, 9.17) is 0 Å². The number of Topliss-reactive ketones (excluding diaryl/α,β-unsaturated/α-hetero) is 4. The monoisotopic (exact) mass is 560 g/mol. The topological polar surface area (TPSA) is 68.3 Å². The maximum absolute atomic E-state index is 12.7. The van der Waals surface area contributed by atoms with E-state index in [1.54, 1.807) is 6.92 Å². The van der Waals surface area contributed by atoms with E-state index in [0.29, 0.717) is 18.8 Å². The van der Waals surface area contributed by atoms with Crippen molar-refractivity contribution in [1.29, 1.82) is 0 Å². The van der Waals surface area contributed by atoms with Crippen LogP contribution in [0, 0.1) is 31.6 Å². The van der Waals surface area contributed by atoms with Crippen LogP contribution in [0.15, 0.2) is 36.4 Å². The minimum absolute atomic E-state index is 0.0460. The molecule has 4 heteroatoms. The highest BCUT2D eigenvalue weighted by molar-refractivity contribution is 6.00. The van der Waals surface area contributed by atoms with E-state index in [0.717, 1.165) is 48.8 Å². The fourth-order valence-corrected chi connectivity index (χ4v) is 6.51. The van der Waals surface area contributed by atoms with Crippen molar-refractivity contribution < 1.29 is 19.2 Å². The average molecular weight is 561 g/mol.